The highest BCUT2D eigenvalue weighted by Gasteiger charge is 2.47. The van der Waals surface area contributed by atoms with Gasteiger partial charge >= 0.3 is 5.97 Å². The van der Waals surface area contributed by atoms with Crippen molar-refractivity contribution in [3.05, 3.63) is 29.6 Å². The van der Waals surface area contributed by atoms with Crippen molar-refractivity contribution in [3.63, 3.8) is 0 Å². The standard InChI is InChI=1S/C12H13FO4S/c1-18(16,17)8-3-4-9(10(13)7-8)12(11(14)15)5-2-6-12/h3-4,7H,2,5-6H2,1H3,(H,14,15). The second-order valence-electron chi connectivity index (χ2n) is 4.65. The van der Waals surface area contributed by atoms with Crippen LogP contribution in [0.25, 0.3) is 0 Å². The third kappa shape index (κ3) is 1.90. The highest BCUT2D eigenvalue weighted by atomic mass is 32.2. The Morgan fingerprint density at radius 2 is 2.00 bits per heavy atom. The van der Waals surface area contributed by atoms with E-state index < -0.39 is 27.0 Å². The number of rotatable bonds is 3. The van der Waals surface area contributed by atoms with Gasteiger partial charge in [0.2, 0.25) is 0 Å². The summed E-state index contributed by atoms with van der Waals surface area (Å²) in [7, 11) is -3.48. The van der Waals surface area contributed by atoms with E-state index in [1.165, 1.54) is 12.1 Å². The summed E-state index contributed by atoms with van der Waals surface area (Å²) < 4.78 is 36.5. The average molecular weight is 272 g/mol. The number of benzene rings is 1. The molecule has 0 bridgehead atoms. The number of carboxylic acids is 1. The molecule has 1 aliphatic carbocycles. The number of carbonyl (C=O) groups is 1. The molecule has 98 valence electrons. The summed E-state index contributed by atoms with van der Waals surface area (Å²) >= 11 is 0. The van der Waals surface area contributed by atoms with Gasteiger partial charge in [0.25, 0.3) is 0 Å². The molecule has 0 heterocycles. The Hall–Kier alpha value is -1.43. The van der Waals surface area contributed by atoms with Gasteiger partial charge in [-0.05, 0) is 25.0 Å². The SMILES string of the molecule is CS(=O)(=O)c1ccc(C2(C(=O)O)CCC2)c(F)c1. The number of hydrogen-bond acceptors (Lipinski definition) is 3. The van der Waals surface area contributed by atoms with Crippen molar-refractivity contribution >= 4 is 15.8 Å². The maximum atomic E-state index is 13.9. The molecular formula is C12H13FO4S. The Kier molecular flexibility index (Phi) is 2.93. The smallest absolute Gasteiger partial charge is 0.314 e. The first-order valence-corrected chi connectivity index (χ1v) is 7.40. The summed E-state index contributed by atoms with van der Waals surface area (Å²) in [5, 5.41) is 9.21. The minimum Gasteiger partial charge on any atom is -0.481 e. The molecule has 0 spiro atoms. The largest absolute Gasteiger partial charge is 0.481 e. The molecule has 1 aromatic carbocycles. The first-order chi connectivity index (χ1) is 8.27. The third-order valence-corrected chi connectivity index (χ3v) is 4.61. The zero-order valence-electron chi connectivity index (χ0n) is 9.81. The number of hydrogen-bond donors (Lipinski definition) is 1. The van der Waals surface area contributed by atoms with E-state index in [0.29, 0.717) is 12.8 Å². The van der Waals surface area contributed by atoms with E-state index in [1.54, 1.807) is 0 Å². The fourth-order valence-corrected chi connectivity index (χ4v) is 2.88. The van der Waals surface area contributed by atoms with Crippen molar-refractivity contribution < 1.29 is 22.7 Å². The van der Waals surface area contributed by atoms with Gasteiger partial charge < -0.3 is 5.11 Å². The molecule has 18 heavy (non-hydrogen) atoms. The molecule has 0 saturated heterocycles. The van der Waals surface area contributed by atoms with Crippen LogP contribution in [0, 0.1) is 5.82 Å². The fourth-order valence-electron chi connectivity index (χ4n) is 2.24. The molecule has 1 aromatic rings. The number of carboxylic acid groups (broad SMARTS) is 1. The van der Waals surface area contributed by atoms with Crippen LogP contribution in [0.15, 0.2) is 23.1 Å². The molecule has 0 radical (unpaired) electrons. The van der Waals surface area contributed by atoms with Crippen molar-refractivity contribution in [2.75, 3.05) is 6.26 Å². The van der Waals surface area contributed by atoms with E-state index in [-0.39, 0.29) is 10.5 Å². The van der Waals surface area contributed by atoms with E-state index in [0.717, 1.165) is 18.7 Å². The molecule has 0 aromatic heterocycles. The second kappa shape index (κ2) is 4.05. The van der Waals surface area contributed by atoms with E-state index >= 15 is 0 Å². The monoisotopic (exact) mass is 272 g/mol. The van der Waals surface area contributed by atoms with Gasteiger partial charge in [0, 0.05) is 11.8 Å². The van der Waals surface area contributed by atoms with Crippen molar-refractivity contribution in [3.8, 4) is 0 Å². The van der Waals surface area contributed by atoms with E-state index in [1.807, 2.05) is 0 Å². The molecule has 4 nitrogen and oxygen atoms in total. The Bertz CT molecular complexity index is 603. The van der Waals surface area contributed by atoms with E-state index in [2.05, 4.69) is 0 Å². The van der Waals surface area contributed by atoms with Gasteiger partial charge in [0.05, 0.1) is 10.3 Å². The summed E-state index contributed by atoms with van der Waals surface area (Å²) in [5.74, 6) is -1.82. The van der Waals surface area contributed by atoms with Crippen molar-refractivity contribution in [2.45, 2.75) is 29.6 Å². The lowest BCUT2D eigenvalue weighted by Crippen LogP contribution is -2.43. The molecule has 0 unspecified atom stereocenters. The van der Waals surface area contributed by atoms with Crippen LogP contribution in [0.2, 0.25) is 0 Å². The zero-order valence-corrected chi connectivity index (χ0v) is 10.6. The highest BCUT2D eigenvalue weighted by molar-refractivity contribution is 7.90. The third-order valence-electron chi connectivity index (χ3n) is 3.50. The van der Waals surface area contributed by atoms with Gasteiger partial charge in [0.15, 0.2) is 9.84 Å². The molecule has 6 heteroatoms. The molecular weight excluding hydrogens is 259 g/mol. The molecule has 0 aliphatic heterocycles. The van der Waals surface area contributed by atoms with Crippen LogP contribution in [0.1, 0.15) is 24.8 Å². The molecule has 1 aliphatic rings. The first kappa shape index (κ1) is 13.0. The molecule has 0 atom stereocenters. The van der Waals surface area contributed by atoms with E-state index in [4.69, 9.17) is 0 Å². The second-order valence-corrected chi connectivity index (χ2v) is 6.67. The fraction of sp³-hybridized carbons (Fsp3) is 0.417. The minimum atomic E-state index is -3.48. The lowest BCUT2D eigenvalue weighted by molar-refractivity contribution is -0.147. The first-order valence-electron chi connectivity index (χ1n) is 5.51. The van der Waals surface area contributed by atoms with Gasteiger partial charge in [-0.25, -0.2) is 12.8 Å². The van der Waals surface area contributed by atoms with Crippen LogP contribution in [0.3, 0.4) is 0 Å². The lowest BCUT2D eigenvalue weighted by atomic mass is 9.64. The maximum absolute atomic E-state index is 13.9. The number of halogens is 1. The normalized spacial score (nSPS) is 18.1. The lowest BCUT2D eigenvalue weighted by Gasteiger charge is -2.38. The van der Waals surface area contributed by atoms with Gasteiger partial charge in [0.1, 0.15) is 5.82 Å². The number of sulfone groups is 1. The quantitative estimate of drug-likeness (QED) is 0.909. The molecule has 1 fully saturated rings. The van der Waals surface area contributed by atoms with Crippen LogP contribution in [0.5, 0.6) is 0 Å². The molecule has 1 saturated carbocycles. The number of aliphatic carboxylic acids is 1. The Morgan fingerprint density at radius 3 is 2.33 bits per heavy atom. The van der Waals surface area contributed by atoms with Gasteiger partial charge in [-0.15, -0.1) is 0 Å². The predicted molar refractivity (Wildman–Crippen MR) is 62.7 cm³/mol. The maximum Gasteiger partial charge on any atom is 0.314 e. The van der Waals surface area contributed by atoms with Crippen LogP contribution in [-0.4, -0.2) is 25.7 Å². The zero-order chi connectivity index (χ0) is 13.6. The van der Waals surface area contributed by atoms with Crippen LogP contribution in [-0.2, 0) is 20.0 Å². The van der Waals surface area contributed by atoms with Crippen molar-refractivity contribution in [1.29, 1.82) is 0 Å². The van der Waals surface area contributed by atoms with Crippen LogP contribution >= 0.6 is 0 Å². The van der Waals surface area contributed by atoms with E-state index in [9.17, 15) is 22.7 Å². The molecule has 1 N–H and O–H groups in total. The van der Waals surface area contributed by atoms with Gasteiger partial charge in [-0.2, -0.15) is 0 Å². The Balaban J connectivity index is 2.52. The van der Waals surface area contributed by atoms with Crippen molar-refractivity contribution in [2.24, 2.45) is 0 Å². The van der Waals surface area contributed by atoms with Crippen LogP contribution in [0.4, 0.5) is 4.39 Å². The van der Waals surface area contributed by atoms with Crippen LogP contribution < -0.4 is 0 Å². The summed E-state index contributed by atoms with van der Waals surface area (Å²) in [5.41, 5.74) is -1.10. The topological polar surface area (TPSA) is 71.4 Å². The summed E-state index contributed by atoms with van der Waals surface area (Å²) in [4.78, 5) is 11.1. The predicted octanol–water partition coefficient (Wildman–Crippen LogP) is 1.74. The molecule has 2 rings (SSSR count). The minimum absolute atomic E-state index is 0.0775. The summed E-state index contributed by atoms with van der Waals surface area (Å²) in [6, 6.07) is 3.43. The highest BCUT2D eigenvalue weighted by Crippen LogP contribution is 2.45. The Labute approximate surface area is 104 Å². The summed E-state index contributed by atoms with van der Waals surface area (Å²) in [6.07, 6.45) is 2.49. The Morgan fingerprint density at radius 1 is 1.39 bits per heavy atom. The van der Waals surface area contributed by atoms with Crippen molar-refractivity contribution in [1.82, 2.24) is 0 Å². The average Bonchev–Trinajstić information content (AvgIpc) is 2.16. The van der Waals surface area contributed by atoms with Gasteiger partial charge in [-0.3, -0.25) is 4.79 Å². The van der Waals surface area contributed by atoms with Gasteiger partial charge in [-0.1, -0.05) is 12.5 Å². The summed E-state index contributed by atoms with van der Waals surface area (Å²) in [6.45, 7) is 0. The molecule has 0 amide bonds.